The fourth-order valence-corrected chi connectivity index (χ4v) is 15.5. The van der Waals surface area contributed by atoms with Gasteiger partial charge in [-0.2, -0.15) is 0 Å². The Morgan fingerprint density at radius 1 is 0.415 bits per heavy atom. The number of aliphatic carboxylic acids is 1. The van der Waals surface area contributed by atoms with Gasteiger partial charge in [0.2, 0.25) is 0 Å². The monoisotopic (exact) mass is 1730 g/mol. The van der Waals surface area contributed by atoms with E-state index in [1.165, 1.54) is 20.8 Å². The Kier molecular flexibility index (Phi) is 36.5. The second kappa shape index (κ2) is 43.4. The standard InChI is InChI=1S/C69H121NO48/c1-19-23(5)102-30(12-75)55(38(19)82)113-61-20(2)39(83)54(31(13-76)108-61)112-36(16-79)104-34(17-100-66-59(50(94)45(89)28(10-73)106-66)116-62-21(3)40(84)56(32(14-77)109-62)114-64-52(96)48(92)44(88)27(9-72)105-64)42(86)24(6)103-67-60(51(95)46(90)29(11-74)107-67)117-63-22(4)41(85)57(33(15-78)110-63)115-65-53(97)49(93)47(91)35(111-65)18-101-69(68(98)99)7-25(80)37(70)58(118-69)43(87)26(81)8-71/h19-67,71-97H,7-18,70H2,1-6H3,(H,98,99)/t19?,20-,21?,22-,23-,24+,25+,26+,27?,28?,29+,30?,31?,32-,33?,34?,35?,36-,37+,38+,39?,40?,41?,42-,43+,44-,45+,46+,47-,48?,49?,50?,51?,52-,53-,54+,55+,56+,57+,58?,59+,60?,61-,62-,63-,64-,65-,66-,67-,69+/m0/s1. The summed E-state index contributed by atoms with van der Waals surface area (Å²) < 4.78 is 113. The van der Waals surface area contributed by atoms with Gasteiger partial charge in [0.1, 0.15) is 177 Å². The van der Waals surface area contributed by atoms with Crippen molar-refractivity contribution in [3.8, 4) is 0 Å². The molecular formula is C69H121NO48. The molecule has 49 heteroatoms. The number of carbonyl (C=O) groups is 1. The maximum atomic E-state index is 12.8. The van der Waals surface area contributed by atoms with E-state index < -0.39 is 391 Å². The van der Waals surface area contributed by atoms with Gasteiger partial charge in [-0.25, -0.2) is 4.79 Å². The first-order valence-corrected chi connectivity index (χ1v) is 38.9. The minimum Gasteiger partial charge on any atom is -0.477 e. The van der Waals surface area contributed by atoms with Gasteiger partial charge in [-0.3, -0.25) is 0 Å². The molecule has 118 heavy (non-hydrogen) atoms. The van der Waals surface area contributed by atoms with E-state index in [0.717, 1.165) is 6.92 Å². The highest BCUT2D eigenvalue weighted by atomic mass is 16.8. The predicted octanol–water partition coefficient (Wildman–Crippen LogP) is -16.8. The van der Waals surface area contributed by atoms with E-state index in [9.17, 15) is 148 Å². The molecule has 0 aromatic heterocycles. The van der Waals surface area contributed by atoms with Gasteiger partial charge in [0.25, 0.3) is 5.79 Å². The molecule has 0 aromatic rings. The van der Waals surface area contributed by atoms with Crippen molar-refractivity contribution in [3.63, 3.8) is 0 Å². The molecule has 0 saturated carbocycles. The third-order valence-electron chi connectivity index (χ3n) is 23.4. The van der Waals surface area contributed by atoms with Crippen LogP contribution in [0.15, 0.2) is 0 Å². The second-order valence-corrected chi connectivity index (χ2v) is 31.4. The molecule has 49 nitrogen and oxygen atoms in total. The van der Waals surface area contributed by atoms with Crippen molar-refractivity contribution in [2.24, 2.45) is 29.4 Å². The lowest BCUT2D eigenvalue weighted by Crippen LogP contribution is -2.67. The Labute approximate surface area is 673 Å². The highest BCUT2D eigenvalue weighted by molar-refractivity contribution is 5.76. The lowest BCUT2D eigenvalue weighted by molar-refractivity contribution is -0.386. The molecule has 9 fully saturated rings. The number of carboxylic acids is 1. The number of nitrogens with two attached hydrogens (primary N) is 1. The van der Waals surface area contributed by atoms with Crippen molar-refractivity contribution >= 4 is 5.97 Å². The van der Waals surface area contributed by atoms with Crippen LogP contribution in [0.2, 0.25) is 0 Å². The molecule has 690 valence electrons. The minimum atomic E-state index is -2.93. The van der Waals surface area contributed by atoms with Gasteiger partial charge in [-0.15, -0.1) is 0 Å². The highest BCUT2D eigenvalue weighted by Crippen LogP contribution is 2.42. The van der Waals surface area contributed by atoms with E-state index in [4.69, 9.17) is 95.7 Å². The summed E-state index contributed by atoms with van der Waals surface area (Å²) >= 11 is 0. The van der Waals surface area contributed by atoms with Gasteiger partial charge in [0.15, 0.2) is 50.3 Å². The average Bonchev–Trinajstić information content (AvgIpc) is 0.768. The zero-order chi connectivity index (χ0) is 87.3. The molecule has 50 atom stereocenters. The topological polar surface area (TPSA) is 785 Å². The average molecular weight is 1730 g/mol. The van der Waals surface area contributed by atoms with E-state index in [0.29, 0.717) is 0 Å². The van der Waals surface area contributed by atoms with Crippen LogP contribution in [-0.2, 0) is 94.8 Å². The maximum absolute atomic E-state index is 12.8. The summed E-state index contributed by atoms with van der Waals surface area (Å²) in [5.41, 5.74) is 5.96. The molecule has 9 heterocycles. The van der Waals surface area contributed by atoms with Crippen LogP contribution >= 0.6 is 0 Å². The smallest absolute Gasteiger partial charge is 0.364 e. The molecule has 9 aliphatic rings. The number of aliphatic hydroxyl groups is 27. The third kappa shape index (κ3) is 21.5. The zero-order valence-electron chi connectivity index (χ0n) is 65.0. The first-order chi connectivity index (χ1) is 55.7. The van der Waals surface area contributed by atoms with Gasteiger partial charge in [0, 0.05) is 30.1 Å². The number of aliphatic hydroxyl groups excluding tert-OH is 27. The SMILES string of the molecule is CC1C(O)[C@H](O[C@@H]2OC(CO)[C@H](O)C(O)[C@@H]2O)[C@H](CO)O[C@H]1O[C@@H]1C(O)[C@H](O)C(CO)O[C@@H]1OCC(O[C@H](CO)O[C@@H]1C(CO)O[C@@H](O[C@@H]2C(CO)O[C@@H](C)C(C)[C@H]2O)[C@@H](C)C1O)[C@@H](O)[C@@H](C)O[C@H]1O[C@H](CO)[C@@H](O)C(O)C1O[C@@H]1OC(CO)[C@@H](O[C@@H]2OC(CO[C@]3(C(=O)O)C[C@@H](O)[C@@H](N)C([C@H](O)[C@H](O)CO)O3)[C@H](O)C(O)[C@@H]2O)C(O)[C@@H]1C. The van der Waals surface area contributed by atoms with Crippen molar-refractivity contribution in [2.75, 3.05) is 72.7 Å². The molecule has 18 unspecified atom stereocenters. The van der Waals surface area contributed by atoms with Crippen LogP contribution in [0, 0.1) is 23.7 Å². The van der Waals surface area contributed by atoms with Crippen molar-refractivity contribution in [2.45, 2.75) is 330 Å². The highest BCUT2D eigenvalue weighted by Gasteiger charge is 2.60. The van der Waals surface area contributed by atoms with E-state index in [1.54, 1.807) is 13.8 Å². The predicted molar refractivity (Wildman–Crippen MR) is 372 cm³/mol. The summed E-state index contributed by atoms with van der Waals surface area (Å²) in [5, 5.41) is 307. The number of hydrogen-bond acceptors (Lipinski definition) is 48. The first-order valence-electron chi connectivity index (χ1n) is 38.9. The Morgan fingerprint density at radius 2 is 0.788 bits per heavy atom. The summed E-state index contributed by atoms with van der Waals surface area (Å²) in [5.74, 6) is -9.29. The Bertz CT molecular complexity index is 2990. The molecule has 9 aliphatic heterocycles. The molecule has 0 radical (unpaired) electrons. The second-order valence-electron chi connectivity index (χ2n) is 31.4. The maximum Gasteiger partial charge on any atom is 0.364 e. The lowest BCUT2D eigenvalue weighted by Gasteiger charge is -2.49. The fourth-order valence-electron chi connectivity index (χ4n) is 15.5. The van der Waals surface area contributed by atoms with Gasteiger partial charge < -0.3 is 239 Å². The lowest BCUT2D eigenvalue weighted by atomic mass is 9.88. The Hall–Kier alpha value is -2.41. The van der Waals surface area contributed by atoms with Crippen LogP contribution in [-0.4, -0.2) is 504 Å². The number of hydrogen-bond donors (Lipinski definition) is 29. The minimum absolute atomic E-state index is 0.531. The largest absolute Gasteiger partial charge is 0.477 e. The summed E-state index contributed by atoms with van der Waals surface area (Å²) in [6.45, 7) is -2.54. The van der Waals surface area contributed by atoms with E-state index in [-0.39, 0.29) is 0 Å². The summed E-state index contributed by atoms with van der Waals surface area (Å²) in [7, 11) is 0. The van der Waals surface area contributed by atoms with E-state index in [2.05, 4.69) is 0 Å². The molecule has 9 saturated heterocycles. The Morgan fingerprint density at radius 3 is 1.24 bits per heavy atom. The van der Waals surface area contributed by atoms with Crippen LogP contribution in [0.4, 0.5) is 0 Å². The normalized spacial score (nSPS) is 48.9. The number of rotatable bonds is 36. The summed E-state index contributed by atoms with van der Waals surface area (Å²) in [6.07, 6.45) is -81.4. The zero-order valence-corrected chi connectivity index (χ0v) is 65.0. The van der Waals surface area contributed by atoms with Gasteiger partial charge >= 0.3 is 5.97 Å². The van der Waals surface area contributed by atoms with E-state index >= 15 is 0 Å². The van der Waals surface area contributed by atoms with Gasteiger partial charge in [-0.05, 0) is 13.8 Å². The van der Waals surface area contributed by atoms with Crippen LogP contribution in [0.25, 0.3) is 0 Å². The van der Waals surface area contributed by atoms with Crippen LogP contribution < -0.4 is 5.73 Å². The molecule has 30 N–H and O–H groups in total. The van der Waals surface area contributed by atoms with E-state index in [1.807, 2.05) is 0 Å². The quantitative estimate of drug-likeness (QED) is 0.0259. The number of ether oxygens (including phenoxy) is 19. The van der Waals surface area contributed by atoms with Crippen molar-refractivity contribution < 1.29 is 238 Å². The summed E-state index contributed by atoms with van der Waals surface area (Å²) in [6, 6.07) is -1.56. The Balaban J connectivity index is 0.952. The van der Waals surface area contributed by atoms with Crippen LogP contribution in [0.5, 0.6) is 0 Å². The van der Waals surface area contributed by atoms with Crippen LogP contribution in [0.1, 0.15) is 48.0 Å². The van der Waals surface area contributed by atoms with Crippen molar-refractivity contribution in [1.82, 2.24) is 0 Å². The van der Waals surface area contributed by atoms with Crippen molar-refractivity contribution in [1.29, 1.82) is 0 Å². The molecule has 0 bridgehead atoms. The van der Waals surface area contributed by atoms with Gasteiger partial charge in [-0.1, -0.05) is 27.7 Å². The molecule has 0 amide bonds. The number of carboxylic acid groups (broad SMARTS) is 1. The summed E-state index contributed by atoms with van der Waals surface area (Å²) in [4.78, 5) is 12.8. The third-order valence-corrected chi connectivity index (χ3v) is 23.4. The molecule has 9 rings (SSSR count). The fraction of sp³-hybridized carbons (Fsp3) is 0.986. The molecule has 0 aliphatic carbocycles. The first kappa shape index (κ1) is 99.4. The molecular weight excluding hydrogens is 1610 g/mol. The van der Waals surface area contributed by atoms with Crippen LogP contribution in [0.3, 0.4) is 0 Å². The van der Waals surface area contributed by atoms with Crippen molar-refractivity contribution in [3.05, 3.63) is 0 Å². The molecule has 0 aromatic carbocycles. The molecule has 0 spiro atoms. The van der Waals surface area contributed by atoms with Gasteiger partial charge in [0.05, 0.1) is 121 Å².